The number of ether oxygens (including phenoxy) is 2. The van der Waals surface area contributed by atoms with E-state index in [0.29, 0.717) is 39.9 Å². The molecule has 1 aliphatic heterocycles. The van der Waals surface area contributed by atoms with E-state index < -0.39 is 17.6 Å². The van der Waals surface area contributed by atoms with Crippen LogP contribution in [0.3, 0.4) is 0 Å². The number of rotatable bonds is 6. The van der Waals surface area contributed by atoms with Crippen molar-refractivity contribution in [3.05, 3.63) is 74.5 Å². The van der Waals surface area contributed by atoms with E-state index in [-0.39, 0.29) is 5.56 Å². The summed E-state index contributed by atoms with van der Waals surface area (Å²) in [6.07, 6.45) is 2.52. The summed E-state index contributed by atoms with van der Waals surface area (Å²) < 4.78 is 14.0. The number of aromatic carboxylic acids is 1. The van der Waals surface area contributed by atoms with E-state index in [0.717, 1.165) is 23.7 Å². The number of carboxylic acid groups (broad SMARTS) is 1. The lowest BCUT2D eigenvalue weighted by Gasteiger charge is -2.33. The fourth-order valence-corrected chi connectivity index (χ4v) is 4.53. The Morgan fingerprint density at radius 1 is 1.31 bits per heavy atom. The third-order valence-corrected chi connectivity index (χ3v) is 6.28. The smallest absolute Gasteiger partial charge is 0.341 e. The van der Waals surface area contributed by atoms with Crippen LogP contribution in [0.1, 0.15) is 47.5 Å². The molecule has 2 heterocycles. The van der Waals surface area contributed by atoms with Crippen LogP contribution in [0, 0.1) is 6.92 Å². The molecule has 32 heavy (non-hydrogen) atoms. The zero-order chi connectivity index (χ0) is 23.0. The predicted octanol–water partition coefficient (Wildman–Crippen LogP) is 4.79. The molecule has 166 valence electrons. The van der Waals surface area contributed by atoms with Crippen molar-refractivity contribution in [2.75, 3.05) is 6.61 Å². The molecule has 1 aliphatic rings. The maximum absolute atomic E-state index is 12.6. The molecule has 0 radical (unpaired) electrons. The van der Waals surface area contributed by atoms with Gasteiger partial charge in [-0.3, -0.25) is 4.79 Å². The number of benzene rings is 2. The molecule has 0 bridgehead atoms. The minimum absolute atomic E-state index is 0.334. The number of hydrogen-bond donors (Lipinski definition) is 1. The minimum Gasteiger partial charge on any atom is -0.493 e. The van der Waals surface area contributed by atoms with Crippen LogP contribution in [0.2, 0.25) is 5.02 Å². The van der Waals surface area contributed by atoms with Gasteiger partial charge < -0.3 is 19.1 Å². The molecule has 3 aromatic rings. The highest BCUT2D eigenvalue weighted by Crippen LogP contribution is 2.44. The Labute approximate surface area is 193 Å². The van der Waals surface area contributed by atoms with Gasteiger partial charge in [-0.05, 0) is 36.3 Å². The Morgan fingerprint density at radius 3 is 2.78 bits per heavy atom. The largest absolute Gasteiger partial charge is 0.493 e. The molecule has 1 aromatic heterocycles. The molecule has 0 amide bonds. The molecule has 0 saturated heterocycles. The summed E-state index contributed by atoms with van der Waals surface area (Å²) in [7, 11) is 2.63. The van der Waals surface area contributed by atoms with Gasteiger partial charge in [-0.15, -0.1) is 9.24 Å². The number of aryl methyl sites for hydroxylation is 1. The van der Waals surface area contributed by atoms with Gasteiger partial charge in [0.1, 0.15) is 17.1 Å². The number of halogens is 1. The fraction of sp³-hybridized carbons (Fsp3) is 0.250. The lowest BCUT2D eigenvalue weighted by atomic mass is 10.0. The average molecular weight is 472 g/mol. The molecule has 0 spiro atoms. The van der Waals surface area contributed by atoms with E-state index in [1.165, 1.54) is 12.3 Å². The van der Waals surface area contributed by atoms with Gasteiger partial charge in [0.15, 0.2) is 5.43 Å². The van der Waals surface area contributed by atoms with E-state index in [4.69, 9.17) is 21.1 Å². The van der Waals surface area contributed by atoms with Crippen LogP contribution in [0.25, 0.3) is 11.3 Å². The topological polar surface area (TPSA) is 77.8 Å². The highest BCUT2D eigenvalue weighted by atomic mass is 35.5. The number of carboxylic acids is 1. The van der Waals surface area contributed by atoms with Crippen LogP contribution in [0.5, 0.6) is 11.5 Å². The number of aromatic nitrogens is 1. The zero-order valence-electron chi connectivity index (χ0n) is 17.7. The second-order valence-electron chi connectivity index (χ2n) is 7.68. The molecule has 2 aromatic carbocycles. The Balaban J connectivity index is 1.94. The molecule has 6 nitrogen and oxygen atoms in total. The van der Waals surface area contributed by atoms with E-state index in [1.54, 1.807) is 10.6 Å². The number of nitrogens with zero attached hydrogens (tertiary/aromatic N) is 1. The van der Waals surface area contributed by atoms with Gasteiger partial charge in [0.25, 0.3) is 0 Å². The van der Waals surface area contributed by atoms with Crippen LogP contribution in [0.15, 0.2) is 47.4 Å². The van der Waals surface area contributed by atoms with Crippen molar-refractivity contribution >= 4 is 32.1 Å². The normalized spacial score (nSPS) is 14.3. The van der Waals surface area contributed by atoms with Gasteiger partial charge in [-0.25, -0.2) is 4.79 Å². The molecule has 0 aliphatic carbocycles. The quantitative estimate of drug-likeness (QED) is 0.413. The first-order chi connectivity index (χ1) is 15.3. The first-order valence-electron chi connectivity index (χ1n) is 10.3. The fourth-order valence-electron chi connectivity index (χ4n) is 3.76. The summed E-state index contributed by atoms with van der Waals surface area (Å²) in [5.41, 5.74) is 1.90. The third kappa shape index (κ3) is 4.01. The maximum atomic E-state index is 12.6. The Bertz CT molecular complexity index is 1250. The summed E-state index contributed by atoms with van der Waals surface area (Å²) in [5, 5.41) is 10.8. The lowest BCUT2D eigenvalue weighted by Crippen LogP contribution is -2.30. The highest BCUT2D eigenvalue weighted by Gasteiger charge is 2.31. The van der Waals surface area contributed by atoms with E-state index in [1.807, 2.05) is 31.2 Å². The summed E-state index contributed by atoms with van der Waals surface area (Å²) in [6, 6.07) is 10.5. The molecule has 2 atom stereocenters. The molecule has 4 rings (SSSR count). The summed E-state index contributed by atoms with van der Waals surface area (Å²) >= 11 is 6.52. The van der Waals surface area contributed by atoms with Gasteiger partial charge >= 0.3 is 5.97 Å². The van der Waals surface area contributed by atoms with Crippen LogP contribution in [-0.2, 0) is 0 Å². The second-order valence-corrected chi connectivity index (χ2v) is 8.71. The molecule has 2 unspecified atom stereocenters. The number of hydrogen-bond acceptors (Lipinski definition) is 4. The Morgan fingerprint density at radius 2 is 2.09 bits per heavy atom. The SMILES string of the molecule is CCCCOc1cc2c(cc1C)-c1cc(=O)c(C(=O)O)cn1C(c1c(P)cccc1Cl)O2. The van der Waals surface area contributed by atoms with Crippen LogP contribution in [-0.4, -0.2) is 22.2 Å². The van der Waals surface area contributed by atoms with Crippen LogP contribution in [0.4, 0.5) is 0 Å². The van der Waals surface area contributed by atoms with Gasteiger partial charge in [0.2, 0.25) is 6.23 Å². The Hall–Kier alpha value is -2.82. The molecular formula is C24H23ClNO5P. The summed E-state index contributed by atoms with van der Waals surface area (Å²) in [5.74, 6) is -0.0472. The van der Waals surface area contributed by atoms with Gasteiger partial charge in [-0.1, -0.05) is 37.1 Å². The number of fused-ring (bicyclic) bond motifs is 3. The maximum Gasteiger partial charge on any atom is 0.341 e. The highest BCUT2D eigenvalue weighted by molar-refractivity contribution is 7.27. The average Bonchev–Trinajstić information content (AvgIpc) is 2.74. The van der Waals surface area contributed by atoms with Gasteiger partial charge in [0.05, 0.1) is 17.3 Å². The van der Waals surface area contributed by atoms with Crippen LogP contribution >= 0.6 is 20.8 Å². The lowest BCUT2D eigenvalue weighted by molar-refractivity contribution is 0.0693. The van der Waals surface area contributed by atoms with E-state index in [9.17, 15) is 14.7 Å². The van der Waals surface area contributed by atoms with Crippen molar-refractivity contribution in [1.82, 2.24) is 4.57 Å². The van der Waals surface area contributed by atoms with E-state index >= 15 is 0 Å². The number of carbonyl (C=O) groups is 1. The summed E-state index contributed by atoms with van der Waals surface area (Å²) in [4.78, 5) is 24.2. The minimum atomic E-state index is -1.30. The van der Waals surface area contributed by atoms with Crippen molar-refractivity contribution < 1.29 is 19.4 Å². The third-order valence-electron chi connectivity index (χ3n) is 5.44. The second kappa shape index (κ2) is 8.97. The predicted molar refractivity (Wildman–Crippen MR) is 128 cm³/mol. The summed E-state index contributed by atoms with van der Waals surface area (Å²) in [6.45, 7) is 4.62. The molecule has 1 N–H and O–H groups in total. The first-order valence-corrected chi connectivity index (χ1v) is 11.2. The molecular weight excluding hydrogens is 449 g/mol. The monoisotopic (exact) mass is 471 g/mol. The standard InChI is InChI=1S/C24H23ClNO5P/c1-3-4-8-30-19-11-20-14(9-13(19)2)17-10-18(27)15(24(28)29)12-26(17)23(31-20)22-16(25)6-5-7-21(22)32/h5-7,9-12,23H,3-4,8,32H2,1-2H3,(H,28,29). The van der Waals surface area contributed by atoms with Gasteiger partial charge in [0, 0.05) is 29.5 Å². The van der Waals surface area contributed by atoms with Crippen molar-refractivity contribution in [2.45, 2.75) is 32.9 Å². The van der Waals surface area contributed by atoms with Gasteiger partial charge in [-0.2, -0.15) is 0 Å². The van der Waals surface area contributed by atoms with E-state index in [2.05, 4.69) is 16.2 Å². The van der Waals surface area contributed by atoms with Crippen molar-refractivity contribution in [2.24, 2.45) is 0 Å². The van der Waals surface area contributed by atoms with Crippen LogP contribution < -0.4 is 20.2 Å². The number of unbranched alkanes of at least 4 members (excludes halogenated alkanes) is 1. The number of pyridine rings is 1. The first kappa shape index (κ1) is 22.4. The van der Waals surface area contributed by atoms with Crippen molar-refractivity contribution in [1.29, 1.82) is 0 Å². The zero-order valence-corrected chi connectivity index (χ0v) is 19.6. The Kier molecular flexibility index (Phi) is 6.27. The molecule has 8 heteroatoms. The molecule has 0 saturated carbocycles. The van der Waals surface area contributed by atoms with Crippen molar-refractivity contribution in [3.8, 4) is 22.8 Å². The van der Waals surface area contributed by atoms with Crippen molar-refractivity contribution in [3.63, 3.8) is 0 Å². The molecule has 0 fully saturated rings.